The van der Waals surface area contributed by atoms with E-state index in [-0.39, 0.29) is 23.0 Å². The molecule has 1 atom stereocenters. The lowest BCUT2D eigenvalue weighted by Crippen LogP contribution is -2.15. The number of nitrogens with one attached hydrogen (secondary N) is 1. The first kappa shape index (κ1) is 17.9. The largest absolute Gasteiger partial charge is 0.306 e. The van der Waals surface area contributed by atoms with E-state index in [2.05, 4.69) is 34.2 Å². The van der Waals surface area contributed by atoms with Crippen LogP contribution in [0.25, 0.3) is 22.2 Å². The van der Waals surface area contributed by atoms with Crippen molar-refractivity contribution in [3.05, 3.63) is 100 Å². The molecule has 4 heteroatoms. The van der Waals surface area contributed by atoms with Crippen LogP contribution < -0.4 is 5.56 Å². The Morgan fingerprint density at radius 3 is 2.50 bits per heavy atom. The van der Waals surface area contributed by atoms with E-state index in [9.17, 15) is 9.59 Å². The van der Waals surface area contributed by atoms with Gasteiger partial charge in [-0.05, 0) is 22.3 Å². The topological polar surface area (TPSA) is 62.8 Å². The number of Topliss-reactive ketones (excluding diaryl/α,β-unsaturated/α-hetero) is 1. The molecule has 4 aromatic rings. The minimum atomic E-state index is -0.324. The molecule has 138 valence electrons. The number of carbonyl (C=O) groups excluding carboxylic acids is 1. The van der Waals surface area contributed by atoms with Crippen LogP contribution in [0.1, 0.15) is 35.3 Å². The molecule has 4 rings (SSSR count). The fourth-order valence-electron chi connectivity index (χ4n) is 3.51. The van der Waals surface area contributed by atoms with Gasteiger partial charge in [-0.1, -0.05) is 79.7 Å². The van der Waals surface area contributed by atoms with Gasteiger partial charge in [0.05, 0.1) is 0 Å². The maximum Gasteiger partial charge on any atom is 0.251 e. The Bertz CT molecular complexity index is 1190. The summed E-state index contributed by atoms with van der Waals surface area (Å²) < 4.78 is 0. The summed E-state index contributed by atoms with van der Waals surface area (Å²) in [6.07, 6.45) is 0.290. The van der Waals surface area contributed by atoms with Crippen molar-refractivity contribution < 1.29 is 4.79 Å². The molecule has 1 N–H and O–H groups in total. The first-order chi connectivity index (χ1) is 13.6. The fourth-order valence-corrected chi connectivity index (χ4v) is 3.51. The maximum atomic E-state index is 12.9. The van der Waals surface area contributed by atoms with Crippen LogP contribution in [-0.4, -0.2) is 15.8 Å². The van der Waals surface area contributed by atoms with E-state index < -0.39 is 0 Å². The van der Waals surface area contributed by atoms with Gasteiger partial charge in [0.15, 0.2) is 5.78 Å². The second-order valence-electron chi connectivity index (χ2n) is 6.94. The molecule has 0 aliphatic carbocycles. The SMILES string of the molecule is C[C@@H](CC(=O)c1cc(=O)[nH]c(-c2ccccc2)n1)c1cccc2ccccc12. The number of nitrogens with zero attached hydrogens (tertiary/aromatic N) is 1. The van der Waals surface area contributed by atoms with Crippen LogP contribution in [0.5, 0.6) is 0 Å². The van der Waals surface area contributed by atoms with Crippen molar-refractivity contribution in [3.8, 4) is 11.4 Å². The average Bonchev–Trinajstić information content (AvgIpc) is 2.73. The first-order valence-corrected chi connectivity index (χ1v) is 9.29. The molecule has 3 aromatic carbocycles. The Morgan fingerprint density at radius 2 is 1.68 bits per heavy atom. The molecule has 0 bridgehead atoms. The standard InChI is InChI=1S/C24H20N2O2/c1-16(19-13-7-11-17-8-5-6-12-20(17)19)14-22(27)21-15-23(28)26-24(25-21)18-9-3-2-4-10-18/h2-13,15-16H,14H2,1H3,(H,25,26,28)/t16-/m0/s1. The summed E-state index contributed by atoms with van der Waals surface area (Å²) >= 11 is 0. The van der Waals surface area contributed by atoms with Crippen LogP contribution in [0.3, 0.4) is 0 Å². The van der Waals surface area contributed by atoms with Gasteiger partial charge < -0.3 is 4.98 Å². The third-order valence-electron chi connectivity index (χ3n) is 4.92. The van der Waals surface area contributed by atoms with Gasteiger partial charge in [-0.2, -0.15) is 0 Å². The van der Waals surface area contributed by atoms with E-state index in [1.54, 1.807) is 0 Å². The number of carbonyl (C=O) groups is 1. The molecule has 0 unspecified atom stereocenters. The summed E-state index contributed by atoms with van der Waals surface area (Å²) in [5, 5.41) is 2.30. The fraction of sp³-hybridized carbons (Fsp3) is 0.125. The zero-order valence-corrected chi connectivity index (χ0v) is 15.6. The van der Waals surface area contributed by atoms with Crippen molar-refractivity contribution in [2.45, 2.75) is 19.3 Å². The molecule has 0 amide bonds. The van der Waals surface area contributed by atoms with Crippen molar-refractivity contribution in [2.24, 2.45) is 0 Å². The van der Waals surface area contributed by atoms with Crippen LogP contribution in [0.15, 0.2) is 83.7 Å². The highest BCUT2D eigenvalue weighted by atomic mass is 16.1. The van der Waals surface area contributed by atoms with Crippen molar-refractivity contribution in [1.29, 1.82) is 0 Å². The quantitative estimate of drug-likeness (QED) is 0.506. The summed E-state index contributed by atoms with van der Waals surface area (Å²) in [4.78, 5) is 32.1. The Balaban J connectivity index is 1.63. The smallest absolute Gasteiger partial charge is 0.251 e. The highest BCUT2D eigenvalue weighted by molar-refractivity contribution is 5.95. The van der Waals surface area contributed by atoms with Gasteiger partial charge in [-0.3, -0.25) is 9.59 Å². The maximum absolute atomic E-state index is 12.9. The minimum absolute atomic E-state index is 0.0138. The third kappa shape index (κ3) is 3.62. The Morgan fingerprint density at radius 1 is 0.964 bits per heavy atom. The van der Waals surface area contributed by atoms with Crippen molar-refractivity contribution in [1.82, 2.24) is 9.97 Å². The van der Waals surface area contributed by atoms with Gasteiger partial charge in [0.2, 0.25) is 0 Å². The van der Waals surface area contributed by atoms with Gasteiger partial charge in [0.25, 0.3) is 5.56 Å². The predicted molar refractivity (Wildman–Crippen MR) is 112 cm³/mol. The lowest BCUT2D eigenvalue weighted by atomic mass is 9.90. The molecule has 28 heavy (non-hydrogen) atoms. The number of hydrogen-bond donors (Lipinski definition) is 1. The number of hydrogen-bond acceptors (Lipinski definition) is 3. The number of fused-ring (bicyclic) bond motifs is 1. The lowest BCUT2D eigenvalue weighted by molar-refractivity contribution is 0.0971. The lowest BCUT2D eigenvalue weighted by Gasteiger charge is -2.14. The third-order valence-corrected chi connectivity index (χ3v) is 4.92. The summed E-state index contributed by atoms with van der Waals surface area (Å²) in [5.74, 6) is 0.290. The van der Waals surface area contributed by atoms with Crippen LogP contribution in [0, 0.1) is 0 Å². The van der Waals surface area contributed by atoms with E-state index in [1.807, 2.05) is 55.5 Å². The number of aromatic amines is 1. The number of aromatic nitrogens is 2. The molecule has 0 saturated heterocycles. The minimum Gasteiger partial charge on any atom is -0.306 e. The van der Waals surface area contributed by atoms with E-state index >= 15 is 0 Å². The Hall–Kier alpha value is -3.53. The summed E-state index contributed by atoms with van der Waals surface area (Å²) in [5.41, 5.74) is 1.78. The molecule has 0 aliphatic rings. The van der Waals surface area contributed by atoms with Crippen LogP contribution in [-0.2, 0) is 0 Å². The van der Waals surface area contributed by atoms with Crippen LogP contribution in [0.2, 0.25) is 0 Å². The Labute approximate surface area is 162 Å². The van der Waals surface area contributed by atoms with E-state index in [1.165, 1.54) is 6.07 Å². The molecule has 1 aromatic heterocycles. The van der Waals surface area contributed by atoms with Gasteiger partial charge in [-0.15, -0.1) is 0 Å². The first-order valence-electron chi connectivity index (χ1n) is 9.29. The van der Waals surface area contributed by atoms with Gasteiger partial charge in [-0.25, -0.2) is 4.98 Å². The monoisotopic (exact) mass is 368 g/mol. The highest BCUT2D eigenvalue weighted by Crippen LogP contribution is 2.28. The summed E-state index contributed by atoms with van der Waals surface area (Å²) in [6.45, 7) is 2.03. The zero-order chi connectivity index (χ0) is 19.5. The van der Waals surface area contributed by atoms with Gasteiger partial charge >= 0.3 is 0 Å². The summed E-state index contributed by atoms with van der Waals surface area (Å²) in [7, 11) is 0. The van der Waals surface area contributed by atoms with E-state index in [0.29, 0.717) is 12.2 Å². The second-order valence-corrected chi connectivity index (χ2v) is 6.94. The molecule has 0 saturated carbocycles. The predicted octanol–water partition coefficient (Wildman–Crippen LogP) is 4.97. The Kier molecular flexibility index (Phi) is 4.85. The molecule has 4 nitrogen and oxygen atoms in total. The number of rotatable bonds is 5. The number of ketones is 1. The molecular weight excluding hydrogens is 348 g/mol. The van der Waals surface area contributed by atoms with Crippen molar-refractivity contribution in [3.63, 3.8) is 0 Å². The van der Waals surface area contributed by atoms with Crippen molar-refractivity contribution in [2.75, 3.05) is 0 Å². The normalized spacial score (nSPS) is 12.0. The van der Waals surface area contributed by atoms with Gasteiger partial charge in [0, 0.05) is 18.1 Å². The van der Waals surface area contributed by atoms with Crippen LogP contribution >= 0.6 is 0 Å². The second kappa shape index (κ2) is 7.61. The van der Waals surface area contributed by atoms with Crippen molar-refractivity contribution >= 4 is 16.6 Å². The molecular formula is C24H20N2O2. The molecule has 0 fully saturated rings. The molecule has 0 radical (unpaired) electrons. The average molecular weight is 368 g/mol. The summed E-state index contributed by atoms with van der Waals surface area (Å²) in [6, 6.07) is 24.9. The zero-order valence-electron chi connectivity index (χ0n) is 15.6. The molecule has 0 spiro atoms. The number of H-pyrrole nitrogens is 1. The van der Waals surface area contributed by atoms with E-state index in [4.69, 9.17) is 0 Å². The van der Waals surface area contributed by atoms with Crippen LogP contribution in [0.4, 0.5) is 0 Å². The number of benzene rings is 3. The van der Waals surface area contributed by atoms with E-state index in [0.717, 1.165) is 21.9 Å². The van der Waals surface area contributed by atoms with Gasteiger partial charge in [0.1, 0.15) is 11.5 Å². The highest BCUT2D eigenvalue weighted by Gasteiger charge is 2.17. The molecule has 1 heterocycles. The molecule has 0 aliphatic heterocycles.